The molecule has 0 radical (unpaired) electrons. The van der Waals surface area contributed by atoms with E-state index in [9.17, 15) is 9.59 Å². The average Bonchev–Trinajstić information content (AvgIpc) is 3.34. The number of methoxy groups -OCH3 is 2. The molecular weight excluding hydrogens is 484 g/mol. The standard InChI is InChI=1S/C26H33BrN2O4/c1-18(26(31)28-22-6-4-5-7-22)29(17-20-8-12-21(27)13-9-20)25(30)15-11-19-10-14-23(32-2)24(16-19)33-3/h8-10,12-14,16,18,22H,4-7,11,15,17H2,1-3H3,(H,28,31)/t18-/m1/s1. The van der Waals surface area contributed by atoms with Gasteiger partial charge in [0.25, 0.3) is 0 Å². The lowest BCUT2D eigenvalue weighted by atomic mass is 10.1. The molecule has 6 nitrogen and oxygen atoms in total. The molecule has 1 saturated carbocycles. The second-order valence-corrected chi connectivity index (χ2v) is 9.42. The predicted molar refractivity (Wildman–Crippen MR) is 132 cm³/mol. The Morgan fingerprint density at radius 1 is 1.03 bits per heavy atom. The van der Waals surface area contributed by atoms with Crippen molar-refractivity contribution in [2.45, 2.75) is 64.1 Å². The minimum atomic E-state index is -0.549. The highest BCUT2D eigenvalue weighted by atomic mass is 79.9. The largest absolute Gasteiger partial charge is 0.493 e. The zero-order valence-corrected chi connectivity index (χ0v) is 21.2. The molecule has 2 aromatic rings. The summed E-state index contributed by atoms with van der Waals surface area (Å²) in [5, 5.41) is 3.14. The molecule has 2 amide bonds. The molecule has 0 heterocycles. The van der Waals surface area contributed by atoms with Gasteiger partial charge in [-0.05, 0) is 61.6 Å². The average molecular weight is 517 g/mol. The first kappa shape index (κ1) is 25.1. The van der Waals surface area contributed by atoms with Crippen LogP contribution in [0, 0.1) is 0 Å². The molecule has 1 aliphatic carbocycles. The summed E-state index contributed by atoms with van der Waals surface area (Å²) in [4.78, 5) is 28.0. The number of carbonyl (C=O) groups excluding carboxylic acids is 2. The Labute approximate surface area is 204 Å². The molecule has 178 valence electrons. The Kier molecular flexibility index (Phi) is 9.18. The van der Waals surface area contributed by atoms with E-state index in [1.54, 1.807) is 19.1 Å². The number of hydrogen-bond acceptors (Lipinski definition) is 4. The number of nitrogens with one attached hydrogen (secondary N) is 1. The molecule has 33 heavy (non-hydrogen) atoms. The van der Waals surface area contributed by atoms with Gasteiger partial charge in [-0.3, -0.25) is 9.59 Å². The lowest BCUT2D eigenvalue weighted by Crippen LogP contribution is -2.49. The van der Waals surface area contributed by atoms with Crippen molar-refractivity contribution in [3.63, 3.8) is 0 Å². The van der Waals surface area contributed by atoms with Gasteiger partial charge in [-0.1, -0.05) is 47.0 Å². The Balaban J connectivity index is 1.71. The fourth-order valence-corrected chi connectivity index (χ4v) is 4.46. The summed E-state index contributed by atoms with van der Waals surface area (Å²) in [5.41, 5.74) is 1.96. The molecule has 0 unspecified atom stereocenters. The van der Waals surface area contributed by atoms with E-state index in [0.29, 0.717) is 30.9 Å². The Hall–Kier alpha value is -2.54. The number of nitrogens with zero attached hydrogens (tertiary/aromatic N) is 1. The first-order chi connectivity index (χ1) is 15.9. The van der Waals surface area contributed by atoms with E-state index in [0.717, 1.165) is 41.3 Å². The number of benzene rings is 2. The highest BCUT2D eigenvalue weighted by Gasteiger charge is 2.28. The fourth-order valence-electron chi connectivity index (χ4n) is 4.19. The van der Waals surface area contributed by atoms with E-state index in [4.69, 9.17) is 9.47 Å². The number of rotatable bonds is 10. The normalized spacial score (nSPS) is 14.5. The van der Waals surface area contributed by atoms with Crippen molar-refractivity contribution < 1.29 is 19.1 Å². The second kappa shape index (κ2) is 12.1. The van der Waals surface area contributed by atoms with E-state index in [1.165, 1.54) is 0 Å². The topological polar surface area (TPSA) is 67.9 Å². The minimum absolute atomic E-state index is 0.0539. The molecule has 7 heteroatoms. The van der Waals surface area contributed by atoms with Crippen molar-refractivity contribution in [3.05, 3.63) is 58.1 Å². The van der Waals surface area contributed by atoms with Crippen LogP contribution in [0.3, 0.4) is 0 Å². The first-order valence-corrected chi connectivity index (χ1v) is 12.3. The molecule has 0 saturated heterocycles. The molecule has 1 atom stereocenters. The molecule has 1 N–H and O–H groups in total. The van der Waals surface area contributed by atoms with Crippen LogP contribution in [0.1, 0.15) is 50.2 Å². The van der Waals surface area contributed by atoms with Crippen LogP contribution in [0.4, 0.5) is 0 Å². The van der Waals surface area contributed by atoms with Gasteiger partial charge in [-0.25, -0.2) is 0 Å². The summed E-state index contributed by atoms with van der Waals surface area (Å²) in [6.07, 6.45) is 5.16. The second-order valence-electron chi connectivity index (χ2n) is 8.50. The van der Waals surface area contributed by atoms with Crippen LogP contribution in [0.25, 0.3) is 0 Å². The smallest absolute Gasteiger partial charge is 0.242 e. The van der Waals surface area contributed by atoms with Gasteiger partial charge in [-0.2, -0.15) is 0 Å². The predicted octanol–water partition coefficient (Wildman–Crippen LogP) is 4.88. The van der Waals surface area contributed by atoms with Crippen molar-refractivity contribution in [2.24, 2.45) is 0 Å². The minimum Gasteiger partial charge on any atom is -0.493 e. The molecule has 1 aliphatic rings. The molecule has 2 aromatic carbocycles. The Morgan fingerprint density at radius 2 is 1.67 bits per heavy atom. The van der Waals surface area contributed by atoms with E-state index in [2.05, 4.69) is 21.2 Å². The van der Waals surface area contributed by atoms with Crippen molar-refractivity contribution >= 4 is 27.7 Å². The van der Waals surface area contributed by atoms with Crippen LogP contribution in [0.5, 0.6) is 11.5 Å². The van der Waals surface area contributed by atoms with Gasteiger partial charge >= 0.3 is 0 Å². The third-order valence-corrected chi connectivity index (χ3v) is 6.74. The third-order valence-electron chi connectivity index (χ3n) is 6.21. The van der Waals surface area contributed by atoms with Gasteiger partial charge in [0.1, 0.15) is 6.04 Å². The van der Waals surface area contributed by atoms with Gasteiger partial charge in [-0.15, -0.1) is 0 Å². The Bertz CT molecular complexity index is 942. The maximum absolute atomic E-state index is 13.3. The number of hydrogen-bond donors (Lipinski definition) is 1. The van der Waals surface area contributed by atoms with Crippen LogP contribution in [0.15, 0.2) is 46.9 Å². The van der Waals surface area contributed by atoms with Crippen LogP contribution < -0.4 is 14.8 Å². The molecule has 3 rings (SSSR count). The summed E-state index contributed by atoms with van der Waals surface area (Å²) >= 11 is 3.45. The summed E-state index contributed by atoms with van der Waals surface area (Å²) < 4.78 is 11.6. The molecule has 0 aromatic heterocycles. The van der Waals surface area contributed by atoms with Crippen molar-refractivity contribution in [3.8, 4) is 11.5 Å². The van der Waals surface area contributed by atoms with E-state index >= 15 is 0 Å². The zero-order valence-electron chi connectivity index (χ0n) is 19.6. The monoisotopic (exact) mass is 516 g/mol. The number of aryl methyl sites for hydroxylation is 1. The van der Waals surface area contributed by atoms with Gasteiger partial charge in [0.2, 0.25) is 11.8 Å². The zero-order chi connectivity index (χ0) is 23.8. The van der Waals surface area contributed by atoms with Gasteiger partial charge < -0.3 is 19.7 Å². The number of halogens is 1. The number of ether oxygens (including phenoxy) is 2. The molecular formula is C26H33BrN2O4. The van der Waals surface area contributed by atoms with Crippen LogP contribution in [-0.2, 0) is 22.6 Å². The summed E-state index contributed by atoms with van der Waals surface area (Å²) in [6, 6.07) is 13.2. The first-order valence-electron chi connectivity index (χ1n) is 11.5. The molecule has 0 bridgehead atoms. The van der Waals surface area contributed by atoms with Crippen LogP contribution in [-0.4, -0.2) is 43.0 Å². The molecule has 0 spiro atoms. The quantitative estimate of drug-likeness (QED) is 0.488. The van der Waals surface area contributed by atoms with Crippen LogP contribution >= 0.6 is 15.9 Å². The van der Waals surface area contributed by atoms with E-state index in [1.807, 2.05) is 49.4 Å². The summed E-state index contributed by atoms with van der Waals surface area (Å²) in [7, 11) is 3.19. The van der Waals surface area contributed by atoms with Gasteiger partial charge in [0.15, 0.2) is 11.5 Å². The van der Waals surface area contributed by atoms with E-state index in [-0.39, 0.29) is 17.9 Å². The summed E-state index contributed by atoms with van der Waals surface area (Å²) in [5.74, 6) is 1.15. The highest BCUT2D eigenvalue weighted by molar-refractivity contribution is 9.10. The Morgan fingerprint density at radius 3 is 2.30 bits per heavy atom. The van der Waals surface area contributed by atoms with Crippen molar-refractivity contribution in [1.82, 2.24) is 10.2 Å². The third kappa shape index (κ3) is 6.97. The maximum atomic E-state index is 13.3. The van der Waals surface area contributed by atoms with Gasteiger partial charge in [0, 0.05) is 23.5 Å². The molecule has 1 fully saturated rings. The highest BCUT2D eigenvalue weighted by Crippen LogP contribution is 2.28. The van der Waals surface area contributed by atoms with Gasteiger partial charge in [0.05, 0.1) is 14.2 Å². The van der Waals surface area contributed by atoms with E-state index < -0.39 is 6.04 Å². The number of amides is 2. The fraction of sp³-hybridized carbons (Fsp3) is 0.462. The van der Waals surface area contributed by atoms with Crippen LogP contribution in [0.2, 0.25) is 0 Å². The summed E-state index contributed by atoms with van der Waals surface area (Å²) in [6.45, 7) is 2.20. The molecule has 0 aliphatic heterocycles. The van der Waals surface area contributed by atoms with Crippen molar-refractivity contribution in [2.75, 3.05) is 14.2 Å². The van der Waals surface area contributed by atoms with Crippen molar-refractivity contribution in [1.29, 1.82) is 0 Å². The lowest BCUT2D eigenvalue weighted by molar-refractivity contribution is -0.140. The lowest BCUT2D eigenvalue weighted by Gasteiger charge is -2.30. The number of carbonyl (C=O) groups is 2. The maximum Gasteiger partial charge on any atom is 0.242 e. The SMILES string of the molecule is COc1ccc(CCC(=O)N(Cc2ccc(Br)cc2)[C@H](C)C(=O)NC2CCCC2)cc1OC.